The summed E-state index contributed by atoms with van der Waals surface area (Å²) >= 11 is 2.19. The predicted molar refractivity (Wildman–Crippen MR) is 77.7 cm³/mol. The molecular weight excluding hydrogens is 379 g/mol. The minimum absolute atomic E-state index is 0.176. The third-order valence-electron chi connectivity index (χ3n) is 3.20. The molecule has 1 aromatic carbocycles. The van der Waals surface area contributed by atoms with Crippen molar-refractivity contribution in [3.63, 3.8) is 0 Å². The van der Waals surface area contributed by atoms with Gasteiger partial charge in [0, 0.05) is 3.57 Å². The molecular formula is C13H17IO6. The summed E-state index contributed by atoms with van der Waals surface area (Å²) in [5, 5.41) is 38.4. The number of benzene rings is 1. The van der Waals surface area contributed by atoms with Crippen molar-refractivity contribution in [2.75, 3.05) is 6.61 Å². The molecule has 1 saturated heterocycles. The molecule has 0 aromatic heterocycles. The standard InChI is InChI=1S/C13H17IO6/c14-8-3-1-7(2-4-8)6-19-12-11(17)10(16)9(5-15)20-13(12)18/h1-4,9-13,15-18H,5-6H2/t9-,10-,11+,12-,13-/m1/s1. The van der Waals surface area contributed by atoms with E-state index in [4.69, 9.17) is 14.6 Å². The zero-order chi connectivity index (χ0) is 14.7. The van der Waals surface area contributed by atoms with Crippen molar-refractivity contribution < 1.29 is 29.9 Å². The summed E-state index contributed by atoms with van der Waals surface area (Å²) in [4.78, 5) is 0. The molecule has 0 unspecified atom stereocenters. The molecule has 2 rings (SSSR count). The van der Waals surface area contributed by atoms with Crippen molar-refractivity contribution in [2.24, 2.45) is 0 Å². The van der Waals surface area contributed by atoms with Crippen molar-refractivity contribution in [2.45, 2.75) is 37.3 Å². The largest absolute Gasteiger partial charge is 0.394 e. The molecule has 1 aliphatic rings. The Hall–Kier alpha value is -0.290. The van der Waals surface area contributed by atoms with E-state index in [1.807, 2.05) is 24.3 Å². The van der Waals surface area contributed by atoms with Gasteiger partial charge in [0.25, 0.3) is 0 Å². The van der Waals surface area contributed by atoms with Gasteiger partial charge in [-0.25, -0.2) is 0 Å². The molecule has 5 atom stereocenters. The second-order valence-electron chi connectivity index (χ2n) is 4.63. The Kier molecular flexibility index (Phi) is 5.73. The van der Waals surface area contributed by atoms with E-state index >= 15 is 0 Å². The average molecular weight is 396 g/mol. The highest BCUT2D eigenvalue weighted by atomic mass is 127. The number of ether oxygens (including phenoxy) is 2. The lowest BCUT2D eigenvalue weighted by molar-refractivity contribution is -0.298. The maximum Gasteiger partial charge on any atom is 0.184 e. The lowest BCUT2D eigenvalue weighted by atomic mass is 9.99. The zero-order valence-corrected chi connectivity index (χ0v) is 12.8. The summed E-state index contributed by atoms with van der Waals surface area (Å²) < 4.78 is 11.5. The van der Waals surface area contributed by atoms with Gasteiger partial charge in [0.2, 0.25) is 0 Å². The van der Waals surface area contributed by atoms with Crippen LogP contribution in [0.5, 0.6) is 0 Å². The van der Waals surface area contributed by atoms with E-state index in [-0.39, 0.29) is 6.61 Å². The maximum atomic E-state index is 9.90. The Labute approximate surface area is 130 Å². The zero-order valence-electron chi connectivity index (χ0n) is 10.6. The fourth-order valence-electron chi connectivity index (χ4n) is 2.02. The molecule has 0 bridgehead atoms. The van der Waals surface area contributed by atoms with Crippen LogP contribution in [-0.4, -0.2) is 57.7 Å². The monoisotopic (exact) mass is 396 g/mol. The Bertz CT molecular complexity index is 425. The van der Waals surface area contributed by atoms with Crippen LogP contribution in [0.4, 0.5) is 0 Å². The number of hydrogen-bond donors (Lipinski definition) is 4. The minimum Gasteiger partial charge on any atom is -0.394 e. The molecule has 20 heavy (non-hydrogen) atoms. The second-order valence-corrected chi connectivity index (χ2v) is 5.88. The van der Waals surface area contributed by atoms with E-state index in [1.54, 1.807) is 0 Å². The first-order valence-corrected chi connectivity index (χ1v) is 7.27. The van der Waals surface area contributed by atoms with Gasteiger partial charge in [-0.15, -0.1) is 0 Å². The number of hydrogen-bond acceptors (Lipinski definition) is 6. The highest BCUT2D eigenvalue weighted by molar-refractivity contribution is 14.1. The topological polar surface area (TPSA) is 99.4 Å². The van der Waals surface area contributed by atoms with E-state index in [9.17, 15) is 15.3 Å². The Morgan fingerprint density at radius 2 is 1.75 bits per heavy atom. The van der Waals surface area contributed by atoms with Crippen LogP contribution < -0.4 is 0 Å². The lowest BCUT2D eigenvalue weighted by Gasteiger charge is -2.39. The molecule has 0 amide bonds. The quantitative estimate of drug-likeness (QED) is 0.518. The van der Waals surface area contributed by atoms with Crippen LogP contribution in [0.25, 0.3) is 0 Å². The number of aliphatic hydroxyl groups is 4. The van der Waals surface area contributed by atoms with Crippen molar-refractivity contribution >= 4 is 22.6 Å². The third kappa shape index (κ3) is 3.67. The van der Waals surface area contributed by atoms with Crippen LogP contribution in [0, 0.1) is 3.57 Å². The molecule has 0 saturated carbocycles. The van der Waals surface area contributed by atoms with Gasteiger partial charge in [-0.2, -0.15) is 0 Å². The van der Waals surface area contributed by atoms with Gasteiger partial charge in [0.1, 0.15) is 24.4 Å². The van der Waals surface area contributed by atoms with Crippen LogP contribution in [0.2, 0.25) is 0 Å². The van der Waals surface area contributed by atoms with Gasteiger partial charge in [0.05, 0.1) is 13.2 Å². The molecule has 6 nitrogen and oxygen atoms in total. The fourth-order valence-corrected chi connectivity index (χ4v) is 2.38. The maximum absolute atomic E-state index is 9.90. The van der Waals surface area contributed by atoms with Gasteiger partial charge in [-0.3, -0.25) is 0 Å². The Morgan fingerprint density at radius 1 is 1.10 bits per heavy atom. The first kappa shape index (κ1) is 16.1. The third-order valence-corrected chi connectivity index (χ3v) is 3.92. The number of halogens is 1. The van der Waals surface area contributed by atoms with Crippen molar-refractivity contribution in [3.05, 3.63) is 33.4 Å². The lowest BCUT2D eigenvalue weighted by Crippen LogP contribution is -2.59. The van der Waals surface area contributed by atoms with Gasteiger partial charge < -0.3 is 29.9 Å². The first-order valence-electron chi connectivity index (χ1n) is 6.19. The predicted octanol–water partition coefficient (Wildman–Crippen LogP) is -0.392. The summed E-state index contributed by atoms with van der Waals surface area (Å²) in [6, 6.07) is 7.58. The minimum atomic E-state index is -1.39. The van der Waals surface area contributed by atoms with Crippen LogP contribution in [-0.2, 0) is 16.1 Å². The summed E-state index contributed by atoms with van der Waals surface area (Å²) in [6.07, 6.45) is -6.09. The molecule has 0 radical (unpaired) electrons. The van der Waals surface area contributed by atoms with Gasteiger partial charge in [-0.05, 0) is 40.3 Å². The number of rotatable bonds is 4. The van der Waals surface area contributed by atoms with Crippen molar-refractivity contribution in [3.8, 4) is 0 Å². The van der Waals surface area contributed by atoms with Crippen molar-refractivity contribution in [1.29, 1.82) is 0 Å². The highest BCUT2D eigenvalue weighted by Crippen LogP contribution is 2.23. The van der Waals surface area contributed by atoms with Crippen LogP contribution in [0.1, 0.15) is 5.56 Å². The van der Waals surface area contributed by atoms with E-state index in [2.05, 4.69) is 22.6 Å². The molecule has 4 N–H and O–H groups in total. The number of aliphatic hydroxyl groups excluding tert-OH is 4. The average Bonchev–Trinajstić information content (AvgIpc) is 2.44. The van der Waals surface area contributed by atoms with Crippen LogP contribution in [0.15, 0.2) is 24.3 Å². The normalized spacial score (nSPS) is 34.1. The molecule has 1 heterocycles. The van der Waals surface area contributed by atoms with E-state index in [0.717, 1.165) is 9.13 Å². The highest BCUT2D eigenvalue weighted by Gasteiger charge is 2.44. The first-order chi connectivity index (χ1) is 9.52. The molecule has 1 aromatic rings. The van der Waals surface area contributed by atoms with Gasteiger partial charge in [0.15, 0.2) is 6.29 Å². The molecule has 0 aliphatic carbocycles. The molecule has 0 spiro atoms. The Balaban J connectivity index is 1.96. The molecule has 7 heteroatoms. The summed E-state index contributed by atoms with van der Waals surface area (Å²) in [5.74, 6) is 0. The van der Waals surface area contributed by atoms with Crippen LogP contribution in [0.3, 0.4) is 0 Å². The fraction of sp³-hybridized carbons (Fsp3) is 0.538. The summed E-state index contributed by atoms with van der Waals surface area (Å²) in [5.41, 5.74) is 0.878. The van der Waals surface area contributed by atoms with Crippen molar-refractivity contribution in [1.82, 2.24) is 0 Å². The SMILES string of the molecule is OC[C@H]1O[C@@H](O)[C@H](OCc2ccc(I)cc2)[C@@H](O)[C@@H]1O. The van der Waals surface area contributed by atoms with E-state index < -0.39 is 37.3 Å². The summed E-state index contributed by atoms with van der Waals surface area (Å²) in [7, 11) is 0. The van der Waals surface area contributed by atoms with E-state index in [0.29, 0.717) is 0 Å². The smallest absolute Gasteiger partial charge is 0.184 e. The van der Waals surface area contributed by atoms with Gasteiger partial charge in [-0.1, -0.05) is 12.1 Å². The van der Waals surface area contributed by atoms with E-state index in [1.165, 1.54) is 0 Å². The summed E-state index contributed by atoms with van der Waals surface area (Å²) in [6.45, 7) is -0.311. The molecule has 1 fully saturated rings. The molecule has 112 valence electrons. The molecule has 1 aliphatic heterocycles. The van der Waals surface area contributed by atoms with Crippen LogP contribution >= 0.6 is 22.6 Å². The second kappa shape index (κ2) is 7.12. The Morgan fingerprint density at radius 3 is 2.35 bits per heavy atom. The van der Waals surface area contributed by atoms with Gasteiger partial charge >= 0.3 is 0 Å².